The van der Waals surface area contributed by atoms with Crippen LogP contribution in [0.1, 0.15) is 13.8 Å². The summed E-state index contributed by atoms with van der Waals surface area (Å²) < 4.78 is 0. The number of rotatable bonds is 5. The molecule has 0 spiro atoms. The van der Waals surface area contributed by atoms with E-state index in [1.54, 1.807) is 11.3 Å². The molecule has 0 saturated carbocycles. The maximum absolute atomic E-state index is 6.25. The fraction of sp³-hybridized carbons (Fsp3) is 0.765. The Bertz CT molecular complexity index is 531. The van der Waals surface area contributed by atoms with Crippen molar-refractivity contribution in [2.75, 3.05) is 70.3 Å². The predicted octanol–water partition coefficient (Wildman–Crippen LogP) is 0.606. The van der Waals surface area contributed by atoms with Crippen molar-refractivity contribution in [1.82, 2.24) is 19.7 Å². The van der Waals surface area contributed by atoms with Gasteiger partial charge in [-0.25, -0.2) is 4.98 Å². The van der Waals surface area contributed by atoms with Gasteiger partial charge in [-0.1, -0.05) is 6.92 Å². The van der Waals surface area contributed by atoms with Gasteiger partial charge in [-0.05, 0) is 13.5 Å². The summed E-state index contributed by atoms with van der Waals surface area (Å²) in [4.78, 5) is 18.6. The SMILES string of the molecule is CCN1CCN(C(C)CN=C(N)N2CCN(c3nccs3)CC2)CC1. The second-order valence-corrected chi connectivity index (χ2v) is 7.68. The van der Waals surface area contributed by atoms with E-state index < -0.39 is 0 Å². The third-order valence-corrected chi connectivity index (χ3v) is 6.12. The monoisotopic (exact) mass is 365 g/mol. The van der Waals surface area contributed by atoms with E-state index in [-0.39, 0.29) is 0 Å². The van der Waals surface area contributed by atoms with Crippen molar-refractivity contribution in [3.63, 3.8) is 0 Å². The van der Waals surface area contributed by atoms with Crippen LogP contribution in [0.4, 0.5) is 5.13 Å². The summed E-state index contributed by atoms with van der Waals surface area (Å²) >= 11 is 1.70. The number of anilines is 1. The van der Waals surface area contributed by atoms with Crippen molar-refractivity contribution >= 4 is 22.4 Å². The lowest BCUT2D eigenvalue weighted by Gasteiger charge is -2.37. The molecule has 0 aliphatic carbocycles. The van der Waals surface area contributed by atoms with Gasteiger partial charge in [0.2, 0.25) is 0 Å². The summed E-state index contributed by atoms with van der Waals surface area (Å²) in [5.74, 6) is 0.692. The van der Waals surface area contributed by atoms with E-state index in [4.69, 9.17) is 5.73 Å². The minimum atomic E-state index is 0.453. The molecule has 8 heteroatoms. The Morgan fingerprint density at radius 3 is 2.52 bits per heavy atom. The molecule has 1 aromatic heterocycles. The minimum absolute atomic E-state index is 0.453. The first-order valence-corrected chi connectivity index (χ1v) is 10.2. The van der Waals surface area contributed by atoms with Gasteiger partial charge in [0.25, 0.3) is 0 Å². The summed E-state index contributed by atoms with van der Waals surface area (Å²) in [6.45, 7) is 14.8. The van der Waals surface area contributed by atoms with E-state index in [2.05, 4.69) is 43.4 Å². The van der Waals surface area contributed by atoms with E-state index in [1.165, 1.54) is 13.1 Å². The number of nitrogens with zero attached hydrogens (tertiary/aromatic N) is 6. The molecular formula is C17H31N7S. The van der Waals surface area contributed by atoms with E-state index in [0.29, 0.717) is 12.0 Å². The summed E-state index contributed by atoms with van der Waals surface area (Å²) in [6, 6.07) is 0.453. The zero-order valence-corrected chi connectivity index (χ0v) is 16.3. The molecule has 3 rings (SSSR count). The smallest absolute Gasteiger partial charge is 0.191 e. The molecular weight excluding hydrogens is 334 g/mol. The van der Waals surface area contributed by atoms with Gasteiger partial charge >= 0.3 is 0 Å². The number of thiazole rings is 1. The van der Waals surface area contributed by atoms with Crippen molar-refractivity contribution in [3.8, 4) is 0 Å². The first kappa shape index (κ1) is 18.4. The molecule has 0 aromatic carbocycles. The van der Waals surface area contributed by atoms with Gasteiger partial charge < -0.3 is 20.4 Å². The number of aromatic nitrogens is 1. The van der Waals surface area contributed by atoms with Crippen LogP contribution in [0.15, 0.2) is 16.6 Å². The molecule has 2 aliphatic rings. The Hall–Kier alpha value is -1.38. The number of aliphatic imine (C=N–C) groups is 1. The molecule has 0 bridgehead atoms. The second-order valence-electron chi connectivity index (χ2n) is 6.81. The summed E-state index contributed by atoms with van der Waals surface area (Å²) in [7, 11) is 0. The van der Waals surface area contributed by atoms with Crippen LogP contribution in [-0.4, -0.2) is 97.1 Å². The molecule has 2 aliphatic heterocycles. The Morgan fingerprint density at radius 1 is 1.20 bits per heavy atom. The first-order valence-electron chi connectivity index (χ1n) is 9.33. The zero-order chi connectivity index (χ0) is 17.6. The van der Waals surface area contributed by atoms with Gasteiger partial charge in [-0.15, -0.1) is 11.3 Å². The van der Waals surface area contributed by atoms with E-state index in [9.17, 15) is 0 Å². The molecule has 2 fully saturated rings. The zero-order valence-electron chi connectivity index (χ0n) is 15.5. The number of likely N-dealkylation sites (N-methyl/N-ethyl adjacent to an activating group) is 1. The molecule has 7 nitrogen and oxygen atoms in total. The molecule has 140 valence electrons. The summed E-state index contributed by atoms with van der Waals surface area (Å²) in [5.41, 5.74) is 6.25. The van der Waals surface area contributed by atoms with Gasteiger partial charge in [0.1, 0.15) is 0 Å². The van der Waals surface area contributed by atoms with Gasteiger partial charge in [0.15, 0.2) is 11.1 Å². The van der Waals surface area contributed by atoms with Crippen LogP contribution in [0.5, 0.6) is 0 Å². The number of guanidine groups is 1. The molecule has 25 heavy (non-hydrogen) atoms. The molecule has 1 aromatic rings. The maximum atomic E-state index is 6.25. The van der Waals surface area contributed by atoms with Crippen LogP contribution < -0.4 is 10.6 Å². The first-order chi connectivity index (χ1) is 12.2. The molecule has 0 radical (unpaired) electrons. The Kier molecular flexibility index (Phi) is 6.50. The fourth-order valence-electron chi connectivity index (χ4n) is 3.46. The summed E-state index contributed by atoms with van der Waals surface area (Å²) in [5, 5.41) is 3.13. The molecule has 2 N–H and O–H groups in total. The maximum Gasteiger partial charge on any atom is 0.191 e. The predicted molar refractivity (Wildman–Crippen MR) is 106 cm³/mol. The highest BCUT2D eigenvalue weighted by Crippen LogP contribution is 2.18. The minimum Gasteiger partial charge on any atom is -0.370 e. The number of hydrogen-bond donors (Lipinski definition) is 1. The second kappa shape index (κ2) is 8.82. The highest BCUT2D eigenvalue weighted by atomic mass is 32.1. The van der Waals surface area contributed by atoms with Crippen molar-refractivity contribution in [2.45, 2.75) is 19.9 Å². The van der Waals surface area contributed by atoms with Gasteiger partial charge in [-0.2, -0.15) is 0 Å². The quantitative estimate of drug-likeness (QED) is 0.609. The normalized spacial score (nSPS) is 22.4. The lowest BCUT2D eigenvalue weighted by molar-refractivity contribution is 0.109. The number of hydrogen-bond acceptors (Lipinski definition) is 6. The van der Waals surface area contributed by atoms with Crippen molar-refractivity contribution in [2.24, 2.45) is 10.7 Å². The average molecular weight is 366 g/mol. The van der Waals surface area contributed by atoms with Gasteiger partial charge in [0, 0.05) is 70.0 Å². The Balaban J connectivity index is 1.43. The Labute approximate surface area is 155 Å². The van der Waals surface area contributed by atoms with Gasteiger partial charge in [-0.3, -0.25) is 9.89 Å². The van der Waals surface area contributed by atoms with Crippen LogP contribution in [-0.2, 0) is 0 Å². The van der Waals surface area contributed by atoms with Crippen molar-refractivity contribution in [3.05, 3.63) is 11.6 Å². The van der Waals surface area contributed by atoms with E-state index in [1.807, 2.05) is 11.6 Å². The molecule has 0 amide bonds. The van der Waals surface area contributed by atoms with E-state index >= 15 is 0 Å². The lowest BCUT2D eigenvalue weighted by atomic mass is 10.2. The van der Waals surface area contributed by atoms with Crippen molar-refractivity contribution in [1.29, 1.82) is 0 Å². The molecule has 1 atom stereocenters. The topological polar surface area (TPSA) is 64.2 Å². The molecule has 2 saturated heterocycles. The highest BCUT2D eigenvalue weighted by Gasteiger charge is 2.22. The van der Waals surface area contributed by atoms with Crippen molar-refractivity contribution < 1.29 is 0 Å². The lowest BCUT2D eigenvalue weighted by Crippen LogP contribution is -2.52. The summed E-state index contributed by atoms with van der Waals surface area (Å²) in [6.07, 6.45) is 1.86. The largest absolute Gasteiger partial charge is 0.370 e. The third kappa shape index (κ3) is 4.83. The van der Waals surface area contributed by atoms with Crippen LogP contribution in [0, 0.1) is 0 Å². The third-order valence-electron chi connectivity index (χ3n) is 5.29. The Morgan fingerprint density at radius 2 is 1.92 bits per heavy atom. The standard InChI is InChI=1S/C17H31N7S/c1-3-21-5-7-22(8-6-21)15(2)14-20-16(18)23-9-11-24(12-10-23)17-19-4-13-25-17/h4,13,15H,3,5-12,14H2,1-2H3,(H2,18,20). The van der Waals surface area contributed by atoms with Gasteiger partial charge in [0.05, 0.1) is 6.54 Å². The average Bonchev–Trinajstić information content (AvgIpc) is 3.21. The van der Waals surface area contributed by atoms with Crippen LogP contribution >= 0.6 is 11.3 Å². The fourth-order valence-corrected chi connectivity index (χ4v) is 4.16. The van der Waals surface area contributed by atoms with E-state index in [0.717, 1.165) is 57.5 Å². The molecule has 1 unspecified atom stereocenters. The van der Waals surface area contributed by atoms with Crippen LogP contribution in [0.2, 0.25) is 0 Å². The van der Waals surface area contributed by atoms with Crippen LogP contribution in [0.3, 0.4) is 0 Å². The number of piperazine rings is 2. The van der Waals surface area contributed by atoms with Crippen LogP contribution in [0.25, 0.3) is 0 Å². The number of nitrogens with two attached hydrogens (primary N) is 1. The highest BCUT2D eigenvalue weighted by molar-refractivity contribution is 7.13. The molecule has 3 heterocycles.